The molecule has 1 aliphatic rings. The van der Waals surface area contributed by atoms with Crippen LogP contribution in [0.5, 0.6) is 0 Å². The van der Waals surface area contributed by atoms with Crippen LogP contribution in [0.3, 0.4) is 0 Å². The second-order valence-corrected chi connectivity index (χ2v) is 5.78. The quantitative estimate of drug-likeness (QED) is 0.862. The highest BCUT2D eigenvalue weighted by atomic mass is 16.1. The van der Waals surface area contributed by atoms with Gasteiger partial charge < -0.3 is 16.0 Å². The van der Waals surface area contributed by atoms with E-state index in [1.54, 1.807) is 6.33 Å². The minimum Gasteiger partial charge on any atom is -0.370 e. The molecule has 1 saturated heterocycles. The number of carbonyl (C=O) groups is 1. The molecule has 1 aromatic heterocycles. The lowest BCUT2D eigenvalue weighted by Crippen LogP contribution is -2.46. The molecule has 1 amide bonds. The molecule has 0 aromatic carbocycles. The van der Waals surface area contributed by atoms with Crippen molar-refractivity contribution in [1.82, 2.24) is 9.97 Å². The van der Waals surface area contributed by atoms with Crippen LogP contribution in [0.2, 0.25) is 0 Å². The lowest BCUT2D eigenvalue weighted by atomic mass is 9.92. The number of piperidine rings is 1. The number of primary amides is 1. The van der Waals surface area contributed by atoms with Crippen LogP contribution in [0.25, 0.3) is 0 Å². The molecule has 116 valence electrons. The number of aromatic nitrogens is 2. The average molecular weight is 291 g/mol. The summed E-state index contributed by atoms with van der Waals surface area (Å²) in [6.45, 7) is 7.83. The summed E-state index contributed by atoms with van der Waals surface area (Å²) >= 11 is 0. The SMILES string of the molecule is CCCNc1ncnc(N2CC(C(N)=O)CCC2C)c1C. The van der Waals surface area contributed by atoms with Crippen molar-refractivity contribution in [3.63, 3.8) is 0 Å². The summed E-state index contributed by atoms with van der Waals surface area (Å²) in [5, 5.41) is 3.32. The number of hydrogen-bond donors (Lipinski definition) is 2. The van der Waals surface area contributed by atoms with Crippen molar-refractivity contribution >= 4 is 17.5 Å². The summed E-state index contributed by atoms with van der Waals surface area (Å²) in [7, 11) is 0. The number of anilines is 2. The molecular weight excluding hydrogens is 266 g/mol. The summed E-state index contributed by atoms with van der Waals surface area (Å²) in [4.78, 5) is 22.4. The maximum absolute atomic E-state index is 11.5. The zero-order valence-electron chi connectivity index (χ0n) is 13.1. The van der Waals surface area contributed by atoms with Gasteiger partial charge in [-0.25, -0.2) is 9.97 Å². The Kier molecular flexibility index (Phi) is 4.98. The minimum absolute atomic E-state index is 0.0948. The van der Waals surface area contributed by atoms with Gasteiger partial charge in [0, 0.05) is 24.7 Å². The highest BCUT2D eigenvalue weighted by Crippen LogP contribution is 2.30. The molecule has 0 bridgehead atoms. The van der Waals surface area contributed by atoms with Crippen LogP contribution in [-0.2, 0) is 4.79 Å². The summed E-state index contributed by atoms with van der Waals surface area (Å²) in [6, 6.07) is 0.355. The van der Waals surface area contributed by atoms with Gasteiger partial charge in [-0.05, 0) is 33.1 Å². The third kappa shape index (κ3) is 3.43. The number of amides is 1. The number of hydrogen-bond acceptors (Lipinski definition) is 5. The zero-order chi connectivity index (χ0) is 15.4. The van der Waals surface area contributed by atoms with Crippen molar-refractivity contribution < 1.29 is 4.79 Å². The molecule has 3 N–H and O–H groups in total. The van der Waals surface area contributed by atoms with E-state index in [9.17, 15) is 4.79 Å². The first kappa shape index (κ1) is 15.5. The van der Waals surface area contributed by atoms with Crippen molar-refractivity contribution in [2.45, 2.75) is 46.1 Å². The first-order valence-corrected chi connectivity index (χ1v) is 7.66. The van der Waals surface area contributed by atoms with E-state index < -0.39 is 0 Å². The van der Waals surface area contributed by atoms with E-state index in [-0.39, 0.29) is 11.8 Å². The van der Waals surface area contributed by atoms with Crippen molar-refractivity contribution in [1.29, 1.82) is 0 Å². The van der Waals surface area contributed by atoms with Crippen molar-refractivity contribution in [2.24, 2.45) is 11.7 Å². The maximum atomic E-state index is 11.5. The summed E-state index contributed by atoms with van der Waals surface area (Å²) < 4.78 is 0. The molecule has 0 aliphatic carbocycles. The molecule has 1 aliphatic heterocycles. The second-order valence-electron chi connectivity index (χ2n) is 5.78. The Bertz CT molecular complexity index is 505. The molecule has 0 radical (unpaired) electrons. The first-order valence-electron chi connectivity index (χ1n) is 7.66. The van der Waals surface area contributed by atoms with Gasteiger partial charge in [0.05, 0.1) is 5.92 Å². The molecule has 0 spiro atoms. The highest BCUT2D eigenvalue weighted by molar-refractivity contribution is 5.77. The molecule has 1 aromatic rings. The molecule has 2 heterocycles. The fourth-order valence-electron chi connectivity index (χ4n) is 2.79. The Hall–Kier alpha value is -1.85. The lowest BCUT2D eigenvalue weighted by Gasteiger charge is -2.38. The van der Waals surface area contributed by atoms with Crippen LogP contribution in [0.15, 0.2) is 6.33 Å². The third-order valence-electron chi connectivity index (χ3n) is 4.16. The van der Waals surface area contributed by atoms with Crippen LogP contribution in [-0.4, -0.2) is 35.0 Å². The van der Waals surface area contributed by atoms with Crippen LogP contribution < -0.4 is 16.0 Å². The Labute approximate surface area is 126 Å². The van der Waals surface area contributed by atoms with Crippen LogP contribution in [0.4, 0.5) is 11.6 Å². The highest BCUT2D eigenvalue weighted by Gasteiger charge is 2.30. The maximum Gasteiger partial charge on any atom is 0.222 e. The molecular formula is C15H25N5O. The standard InChI is InChI=1S/C15H25N5O/c1-4-7-17-14-11(3)15(19-9-18-14)20-8-12(13(16)21)6-5-10(20)2/h9-10,12H,4-8H2,1-3H3,(H2,16,21)(H,17,18,19). The van der Waals surface area contributed by atoms with E-state index in [1.807, 2.05) is 6.92 Å². The molecule has 2 unspecified atom stereocenters. The number of nitrogens with zero attached hydrogens (tertiary/aromatic N) is 3. The Morgan fingerprint density at radius 2 is 2.24 bits per heavy atom. The first-order chi connectivity index (χ1) is 10.0. The van der Waals surface area contributed by atoms with Crippen molar-refractivity contribution in [2.75, 3.05) is 23.3 Å². The van der Waals surface area contributed by atoms with Gasteiger partial charge in [0.25, 0.3) is 0 Å². The van der Waals surface area contributed by atoms with Gasteiger partial charge in [0.15, 0.2) is 0 Å². The van der Waals surface area contributed by atoms with Gasteiger partial charge in [0.2, 0.25) is 5.91 Å². The van der Waals surface area contributed by atoms with Gasteiger partial charge in [-0.3, -0.25) is 4.79 Å². The number of nitrogens with two attached hydrogens (primary N) is 1. The largest absolute Gasteiger partial charge is 0.370 e. The van der Waals surface area contributed by atoms with E-state index >= 15 is 0 Å². The minimum atomic E-state index is -0.219. The smallest absolute Gasteiger partial charge is 0.222 e. The van der Waals surface area contributed by atoms with E-state index in [4.69, 9.17) is 5.73 Å². The van der Waals surface area contributed by atoms with Crippen molar-refractivity contribution in [3.8, 4) is 0 Å². The molecule has 21 heavy (non-hydrogen) atoms. The van der Waals surface area contributed by atoms with Gasteiger partial charge in [-0.1, -0.05) is 6.92 Å². The monoisotopic (exact) mass is 291 g/mol. The van der Waals surface area contributed by atoms with Gasteiger partial charge in [-0.2, -0.15) is 0 Å². The number of rotatable bonds is 5. The van der Waals surface area contributed by atoms with E-state index in [0.717, 1.165) is 43.0 Å². The summed E-state index contributed by atoms with van der Waals surface area (Å²) in [5.41, 5.74) is 6.51. The number of nitrogens with one attached hydrogen (secondary N) is 1. The number of carbonyl (C=O) groups excluding carboxylic acids is 1. The normalized spacial score (nSPS) is 22.1. The molecule has 6 nitrogen and oxygen atoms in total. The molecule has 1 fully saturated rings. The average Bonchev–Trinajstić information content (AvgIpc) is 2.47. The van der Waals surface area contributed by atoms with E-state index in [0.29, 0.717) is 12.6 Å². The third-order valence-corrected chi connectivity index (χ3v) is 4.16. The Balaban J connectivity index is 2.24. The Morgan fingerprint density at radius 3 is 2.90 bits per heavy atom. The fourth-order valence-corrected chi connectivity index (χ4v) is 2.79. The van der Waals surface area contributed by atoms with E-state index in [1.165, 1.54) is 0 Å². The topological polar surface area (TPSA) is 84.1 Å². The van der Waals surface area contributed by atoms with Gasteiger partial charge in [0.1, 0.15) is 18.0 Å². The second kappa shape index (κ2) is 6.74. The Morgan fingerprint density at radius 1 is 1.48 bits per heavy atom. The predicted octanol–water partition coefficient (Wildman–Crippen LogP) is 1.70. The fraction of sp³-hybridized carbons (Fsp3) is 0.667. The summed E-state index contributed by atoms with van der Waals surface area (Å²) in [5.74, 6) is 1.46. The molecule has 6 heteroatoms. The van der Waals surface area contributed by atoms with E-state index in [2.05, 4.69) is 34.0 Å². The van der Waals surface area contributed by atoms with Gasteiger partial charge in [-0.15, -0.1) is 0 Å². The molecule has 2 rings (SSSR count). The van der Waals surface area contributed by atoms with Crippen molar-refractivity contribution in [3.05, 3.63) is 11.9 Å². The van der Waals surface area contributed by atoms with Crippen LogP contribution in [0.1, 0.15) is 38.7 Å². The predicted molar refractivity (Wildman–Crippen MR) is 84.3 cm³/mol. The molecule has 2 atom stereocenters. The summed E-state index contributed by atoms with van der Waals surface area (Å²) in [6.07, 6.45) is 4.44. The van der Waals surface area contributed by atoms with Crippen LogP contribution >= 0.6 is 0 Å². The molecule has 0 saturated carbocycles. The zero-order valence-corrected chi connectivity index (χ0v) is 13.1. The lowest BCUT2D eigenvalue weighted by molar-refractivity contribution is -0.122. The van der Waals surface area contributed by atoms with Crippen LogP contribution in [0, 0.1) is 12.8 Å². The van der Waals surface area contributed by atoms with Gasteiger partial charge >= 0.3 is 0 Å².